The Morgan fingerprint density at radius 2 is 1.58 bits per heavy atom. The quantitative estimate of drug-likeness (QED) is 0.674. The summed E-state index contributed by atoms with van der Waals surface area (Å²) in [6.45, 7) is -0.350. The Balaban J connectivity index is 1.98. The number of hydrogen-bond donors (Lipinski definition) is 1. The van der Waals surface area contributed by atoms with Crippen molar-refractivity contribution in [1.29, 1.82) is 0 Å². The van der Waals surface area contributed by atoms with Gasteiger partial charge in [0.1, 0.15) is 11.3 Å². The topological polar surface area (TPSA) is 63.6 Å². The molecule has 2 aromatic rings. The summed E-state index contributed by atoms with van der Waals surface area (Å²) in [4.78, 5) is 23.4. The molecule has 0 saturated carbocycles. The summed E-state index contributed by atoms with van der Waals surface area (Å²) in [6.07, 6.45) is 0. The first kappa shape index (κ1) is 12.8. The molecule has 19 heavy (non-hydrogen) atoms. The lowest BCUT2D eigenvalue weighted by Gasteiger charge is -2.05. The lowest BCUT2D eigenvalue weighted by Crippen LogP contribution is -2.14. The van der Waals surface area contributed by atoms with Crippen molar-refractivity contribution in [3.8, 4) is 5.75 Å². The van der Waals surface area contributed by atoms with Gasteiger partial charge in [0.25, 0.3) is 0 Å². The molecule has 0 heterocycles. The van der Waals surface area contributed by atoms with Crippen molar-refractivity contribution in [3.05, 3.63) is 65.7 Å². The summed E-state index contributed by atoms with van der Waals surface area (Å²) in [6, 6.07) is 14.6. The van der Waals surface area contributed by atoms with Crippen LogP contribution < -0.4 is 0 Å². The van der Waals surface area contributed by atoms with E-state index in [1.165, 1.54) is 12.1 Å². The molecule has 0 radical (unpaired) electrons. The van der Waals surface area contributed by atoms with E-state index in [1.807, 2.05) is 0 Å². The van der Waals surface area contributed by atoms with Gasteiger partial charge in [-0.05, 0) is 12.1 Å². The fourth-order valence-electron chi connectivity index (χ4n) is 1.56. The SMILES string of the molecule is O=C(COC(=O)c1ccccc1O)c1ccccc1. The van der Waals surface area contributed by atoms with Crippen LogP contribution in [0.3, 0.4) is 0 Å². The van der Waals surface area contributed by atoms with Gasteiger partial charge in [-0.2, -0.15) is 0 Å². The molecule has 0 aliphatic rings. The number of ketones is 1. The molecule has 0 unspecified atom stereocenters. The number of phenolic OH excluding ortho intramolecular Hbond substituents is 1. The molecule has 0 fully saturated rings. The summed E-state index contributed by atoms with van der Waals surface area (Å²) < 4.78 is 4.88. The third kappa shape index (κ3) is 3.19. The maximum atomic E-state index is 11.7. The van der Waals surface area contributed by atoms with Gasteiger partial charge in [0.15, 0.2) is 12.4 Å². The summed E-state index contributed by atoms with van der Waals surface area (Å²) in [5, 5.41) is 9.48. The predicted octanol–water partition coefficient (Wildman–Crippen LogP) is 2.43. The van der Waals surface area contributed by atoms with E-state index in [0.29, 0.717) is 5.56 Å². The van der Waals surface area contributed by atoms with Crippen LogP contribution in [0.4, 0.5) is 0 Å². The predicted molar refractivity (Wildman–Crippen MR) is 69.2 cm³/mol. The van der Waals surface area contributed by atoms with E-state index in [4.69, 9.17) is 4.74 Å². The number of rotatable bonds is 4. The molecule has 2 rings (SSSR count). The van der Waals surface area contributed by atoms with Crippen molar-refractivity contribution in [1.82, 2.24) is 0 Å². The van der Waals surface area contributed by atoms with Gasteiger partial charge in [-0.3, -0.25) is 4.79 Å². The maximum absolute atomic E-state index is 11.7. The summed E-state index contributed by atoms with van der Waals surface area (Å²) in [5.74, 6) is -1.17. The van der Waals surface area contributed by atoms with Crippen LogP contribution in [0, 0.1) is 0 Å². The Labute approximate surface area is 110 Å². The van der Waals surface area contributed by atoms with Crippen LogP contribution in [0.2, 0.25) is 0 Å². The van der Waals surface area contributed by atoms with Gasteiger partial charge >= 0.3 is 5.97 Å². The van der Waals surface area contributed by atoms with Gasteiger partial charge in [-0.15, -0.1) is 0 Å². The van der Waals surface area contributed by atoms with E-state index in [1.54, 1.807) is 42.5 Å². The highest BCUT2D eigenvalue weighted by Gasteiger charge is 2.14. The van der Waals surface area contributed by atoms with E-state index >= 15 is 0 Å². The Morgan fingerprint density at radius 1 is 0.947 bits per heavy atom. The molecule has 4 heteroatoms. The zero-order valence-corrected chi connectivity index (χ0v) is 10.1. The molecule has 0 spiro atoms. The van der Waals surface area contributed by atoms with Crippen LogP contribution in [-0.2, 0) is 4.74 Å². The molecular formula is C15H12O4. The molecule has 0 atom stereocenters. The van der Waals surface area contributed by atoms with Gasteiger partial charge in [0.2, 0.25) is 0 Å². The third-order valence-corrected chi connectivity index (χ3v) is 2.55. The molecule has 1 N–H and O–H groups in total. The van der Waals surface area contributed by atoms with E-state index in [9.17, 15) is 14.7 Å². The summed E-state index contributed by atoms with van der Waals surface area (Å²) >= 11 is 0. The molecule has 0 aliphatic carbocycles. The van der Waals surface area contributed by atoms with Crippen LogP contribution in [0.25, 0.3) is 0 Å². The highest BCUT2D eigenvalue weighted by molar-refractivity contribution is 5.99. The van der Waals surface area contributed by atoms with E-state index < -0.39 is 5.97 Å². The average molecular weight is 256 g/mol. The number of benzene rings is 2. The molecule has 4 nitrogen and oxygen atoms in total. The number of phenols is 1. The highest BCUT2D eigenvalue weighted by atomic mass is 16.5. The normalized spacial score (nSPS) is 9.89. The molecule has 96 valence electrons. The number of hydrogen-bond acceptors (Lipinski definition) is 4. The fourth-order valence-corrected chi connectivity index (χ4v) is 1.56. The largest absolute Gasteiger partial charge is 0.507 e. The van der Waals surface area contributed by atoms with Crippen LogP contribution in [0.15, 0.2) is 54.6 Å². The van der Waals surface area contributed by atoms with Crippen molar-refractivity contribution in [2.75, 3.05) is 6.61 Å². The standard InChI is InChI=1S/C15H12O4/c16-13-9-5-4-8-12(13)15(18)19-10-14(17)11-6-2-1-3-7-11/h1-9,16H,10H2. The van der Waals surface area contributed by atoms with Gasteiger partial charge in [-0.1, -0.05) is 42.5 Å². The molecule has 0 aromatic heterocycles. The van der Waals surface area contributed by atoms with Gasteiger partial charge in [0.05, 0.1) is 0 Å². The van der Waals surface area contributed by atoms with Crippen molar-refractivity contribution in [2.24, 2.45) is 0 Å². The molecule has 0 bridgehead atoms. The van der Waals surface area contributed by atoms with Crippen molar-refractivity contribution < 1.29 is 19.4 Å². The van der Waals surface area contributed by atoms with Gasteiger partial charge < -0.3 is 9.84 Å². The second kappa shape index (κ2) is 5.82. The van der Waals surface area contributed by atoms with E-state index in [0.717, 1.165) is 0 Å². The zero-order chi connectivity index (χ0) is 13.7. The second-order valence-corrected chi connectivity index (χ2v) is 3.88. The number of para-hydroxylation sites is 1. The zero-order valence-electron chi connectivity index (χ0n) is 10.1. The average Bonchev–Trinajstić information content (AvgIpc) is 2.46. The maximum Gasteiger partial charge on any atom is 0.342 e. The van der Waals surface area contributed by atoms with Crippen LogP contribution in [0.5, 0.6) is 5.75 Å². The molecule has 2 aromatic carbocycles. The molecular weight excluding hydrogens is 244 g/mol. The minimum absolute atomic E-state index is 0.0448. The number of aromatic hydroxyl groups is 1. The fraction of sp³-hybridized carbons (Fsp3) is 0.0667. The van der Waals surface area contributed by atoms with Gasteiger partial charge in [-0.25, -0.2) is 4.79 Å². The van der Waals surface area contributed by atoms with Crippen molar-refractivity contribution >= 4 is 11.8 Å². The Morgan fingerprint density at radius 3 is 2.26 bits per heavy atom. The number of Topliss-reactive ketones (excluding diaryl/α,β-unsaturated/α-hetero) is 1. The summed E-state index contributed by atoms with van der Waals surface area (Å²) in [7, 11) is 0. The van der Waals surface area contributed by atoms with Crippen LogP contribution in [0.1, 0.15) is 20.7 Å². The number of esters is 1. The Kier molecular flexibility index (Phi) is 3.93. The first-order valence-electron chi connectivity index (χ1n) is 5.72. The van der Waals surface area contributed by atoms with Gasteiger partial charge in [0, 0.05) is 5.56 Å². The second-order valence-electron chi connectivity index (χ2n) is 3.88. The number of ether oxygens (including phenoxy) is 1. The third-order valence-electron chi connectivity index (χ3n) is 2.55. The van der Waals surface area contributed by atoms with Crippen molar-refractivity contribution in [3.63, 3.8) is 0 Å². The minimum atomic E-state index is -0.720. The minimum Gasteiger partial charge on any atom is -0.507 e. The summed E-state index contributed by atoms with van der Waals surface area (Å²) in [5.41, 5.74) is 0.524. The Hall–Kier alpha value is -2.62. The van der Waals surface area contributed by atoms with E-state index in [2.05, 4.69) is 0 Å². The number of carbonyl (C=O) groups excluding carboxylic acids is 2. The monoisotopic (exact) mass is 256 g/mol. The smallest absolute Gasteiger partial charge is 0.342 e. The van der Waals surface area contributed by atoms with Crippen molar-refractivity contribution in [2.45, 2.75) is 0 Å². The first-order chi connectivity index (χ1) is 9.18. The molecule has 0 saturated heterocycles. The van der Waals surface area contributed by atoms with E-state index in [-0.39, 0.29) is 23.7 Å². The van der Waals surface area contributed by atoms with Crippen LogP contribution in [-0.4, -0.2) is 23.5 Å². The number of carbonyl (C=O) groups is 2. The molecule has 0 aliphatic heterocycles. The highest BCUT2D eigenvalue weighted by Crippen LogP contribution is 2.16. The van der Waals surface area contributed by atoms with Crippen LogP contribution >= 0.6 is 0 Å². The lowest BCUT2D eigenvalue weighted by molar-refractivity contribution is 0.0472. The Bertz CT molecular complexity index is 590. The lowest BCUT2D eigenvalue weighted by atomic mass is 10.1. The molecule has 0 amide bonds. The first-order valence-corrected chi connectivity index (χ1v) is 5.72.